The molecule has 0 radical (unpaired) electrons. The number of hydrogen-bond acceptors (Lipinski definition) is 5. The van der Waals surface area contributed by atoms with Crippen LogP contribution in [0.25, 0.3) is 0 Å². The van der Waals surface area contributed by atoms with Gasteiger partial charge in [-0.2, -0.15) is 0 Å². The highest BCUT2D eigenvalue weighted by atomic mass is 16.5. The summed E-state index contributed by atoms with van der Waals surface area (Å²) in [6.07, 6.45) is 0. The predicted molar refractivity (Wildman–Crippen MR) is 74.7 cm³/mol. The fourth-order valence-corrected chi connectivity index (χ4v) is 1.71. The highest BCUT2D eigenvalue weighted by molar-refractivity contribution is 5.97. The summed E-state index contributed by atoms with van der Waals surface area (Å²) in [5.41, 5.74) is 0.355. The molecule has 1 aromatic carbocycles. The molecule has 112 valence electrons. The van der Waals surface area contributed by atoms with Gasteiger partial charge in [0, 0.05) is 19.2 Å². The topological polar surface area (TPSA) is 68.2 Å². The highest BCUT2D eigenvalue weighted by Gasteiger charge is 2.23. The van der Waals surface area contributed by atoms with Crippen molar-refractivity contribution in [1.82, 2.24) is 4.90 Å². The Hall–Kier alpha value is -1.95. The van der Waals surface area contributed by atoms with E-state index in [1.54, 1.807) is 26.1 Å². The maximum absolute atomic E-state index is 12.4. The van der Waals surface area contributed by atoms with Crippen LogP contribution in [0.3, 0.4) is 0 Å². The fraction of sp³-hybridized carbons (Fsp3) is 0.500. The van der Waals surface area contributed by atoms with Gasteiger partial charge in [-0.05, 0) is 6.92 Å². The molecule has 0 aliphatic rings. The SMILES string of the molecule is COc1cc(OC)c(C(=O)N(C)C(C)CO)cc1OC. The van der Waals surface area contributed by atoms with Gasteiger partial charge in [-0.25, -0.2) is 0 Å². The first-order chi connectivity index (χ1) is 9.49. The molecule has 0 bridgehead atoms. The van der Waals surface area contributed by atoms with Crippen LogP contribution in [0.2, 0.25) is 0 Å². The number of methoxy groups -OCH3 is 3. The molecule has 0 saturated carbocycles. The average Bonchev–Trinajstić information content (AvgIpc) is 2.50. The minimum atomic E-state index is -0.291. The Kier molecular flexibility index (Phi) is 5.64. The molecule has 0 heterocycles. The summed E-state index contributed by atoms with van der Waals surface area (Å²) < 4.78 is 15.6. The maximum atomic E-state index is 12.4. The molecule has 1 atom stereocenters. The molecule has 6 heteroatoms. The van der Waals surface area contributed by atoms with Gasteiger partial charge in [0.25, 0.3) is 5.91 Å². The Labute approximate surface area is 118 Å². The Morgan fingerprint density at radius 1 is 1.15 bits per heavy atom. The number of rotatable bonds is 6. The average molecular weight is 283 g/mol. The number of benzene rings is 1. The Bertz CT molecular complexity index is 475. The zero-order valence-corrected chi connectivity index (χ0v) is 12.5. The second kappa shape index (κ2) is 7.00. The molecule has 0 aliphatic heterocycles. The molecule has 1 unspecified atom stereocenters. The van der Waals surface area contributed by atoms with Gasteiger partial charge >= 0.3 is 0 Å². The highest BCUT2D eigenvalue weighted by Crippen LogP contribution is 2.35. The number of amides is 1. The Balaban J connectivity index is 3.25. The summed E-state index contributed by atoms with van der Waals surface area (Å²) in [6, 6.07) is 2.88. The number of nitrogens with zero attached hydrogens (tertiary/aromatic N) is 1. The lowest BCUT2D eigenvalue weighted by molar-refractivity contribution is 0.0678. The molecule has 20 heavy (non-hydrogen) atoms. The normalized spacial score (nSPS) is 11.7. The van der Waals surface area contributed by atoms with Crippen LogP contribution in [0.5, 0.6) is 17.2 Å². The minimum Gasteiger partial charge on any atom is -0.496 e. The molecule has 6 nitrogen and oxygen atoms in total. The van der Waals surface area contributed by atoms with Crippen molar-refractivity contribution in [3.63, 3.8) is 0 Å². The van der Waals surface area contributed by atoms with Crippen molar-refractivity contribution >= 4 is 5.91 Å². The third-order valence-electron chi connectivity index (χ3n) is 3.18. The molecule has 1 aromatic rings. The van der Waals surface area contributed by atoms with Crippen molar-refractivity contribution in [2.75, 3.05) is 35.0 Å². The number of aliphatic hydroxyl groups is 1. The smallest absolute Gasteiger partial charge is 0.257 e. The zero-order chi connectivity index (χ0) is 15.3. The van der Waals surface area contributed by atoms with Gasteiger partial charge in [0.2, 0.25) is 0 Å². The summed E-state index contributed by atoms with van der Waals surface area (Å²) in [5, 5.41) is 9.14. The zero-order valence-electron chi connectivity index (χ0n) is 12.5. The first-order valence-electron chi connectivity index (χ1n) is 6.18. The van der Waals surface area contributed by atoms with E-state index in [0.717, 1.165) is 0 Å². The van der Waals surface area contributed by atoms with Gasteiger partial charge < -0.3 is 24.2 Å². The third kappa shape index (κ3) is 3.14. The third-order valence-corrected chi connectivity index (χ3v) is 3.18. The molecular formula is C14H21NO5. The van der Waals surface area contributed by atoms with Crippen molar-refractivity contribution in [3.8, 4) is 17.2 Å². The number of ether oxygens (including phenoxy) is 3. The van der Waals surface area contributed by atoms with Gasteiger partial charge in [-0.3, -0.25) is 4.79 Å². The number of likely N-dealkylation sites (N-methyl/N-ethyl adjacent to an activating group) is 1. The van der Waals surface area contributed by atoms with E-state index < -0.39 is 0 Å². The number of carbonyl (C=O) groups excluding carboxylic acids is 1. The van der Waals surface area contributed by atoms with E-state index in [1.165, 1.54) is 26.2 Å². The molecule has 1 N–H and O–H groups in total. The van der Waals surface area contributed by atoms with Crippen LogP contribution in [0, 0.1) is 0 Å². The molecule has 0 aromatic heterocycles. The molecular weight excluding hydrogens is 262 g/mol. The lowest BCUT2D eigenvalue weighted by Crippen LogP contribution is -2.37. The lowest BCUT2D eigenvalue weighted by atomic mass is 10.1. The summed E-state index contributed by atoms with van der Waals surface area (Å²) in [4.78, 5) is 13.9. The van der Waals surface area contributed by atoms with Crippen LogP contribution in [-0.4, -0.2) is 56.9 Å². The molecule has 1 amide bonds. The molecule has 0 fully saturated rings. The quantitative estimate of drug-likeness (QED) is 0.848. The molecule has 0 aliphatic carbocycles. The van der Waals surface area contributed by atoms with Crippen molar-refractivity contribution < 1.29 is 24.1 Å². The fourth-order valence-electron chi connectivity index (χ4n) is 1.71. The lowest BCUT2D eigenvalue weighted by Gasteiger charge is -2.24. The summed E-state index contributed by atoms with van der Waals surface area (Å²) in [6.45, 7) is 1.64. The van der Waals surface area contributed by atoms with Gasteiger partial charge in [-0.1, -0.05) is 0 Å². The van der Waals surface area contributed by atoms with E-state index in [9.17, 15) is 4.79 Å². The second-order valence-corrected chi connectivity index (χ2v) is 4.36. The number of aliphatic hydroxyl groups excluding tert-OH is 1. The van der Waals surface area contributed by atoms with Gasteiger partial charge in [0.05, 0.1) is 39.5 Å². The van der Waals surface area contributed by atoms with E-state index in [0.29, 0.717) is 22.8 Å². The summed E-state index contributed by atoms with van der Waals surface area (Å²) in [7, 11) is 6.12. The largest absolute Gasteiger partial charge is 0.496 e. The van der Waals surface area contributed by atoms with Crippen LogP contribution >= 0.6 is 0 Å². The van der Waals surface area contributed by atoms with E-state index in [4.69, 9.17) is 19.3 Å². The molecule has 0 spiro atoms. The Morgan fingerprint density at radius 2 is 1.65 bits per heavy atom. The minimum absolute atomic E-state index is 0.113. The standard InChI is InChI=1S/C14H21NO5/c1-9(8-16)15(2)14(17)10-6-12(19-4)13(20-5)7-11(10)18-3/h6-7,9,16H,8H2,1-5H3. The van der Waals surface area contributed by atoms with Gasteiger partial charge in [0.1, 0.15) is 5.75 Å². The first-order valence-corrected chi connectivity index (χ1v) is 6.18. The first kappa shape index (κ1) is 16.1. The molecule has 1 rings (SSSR count). The van der Waals surface area contributed by atoms with Crippen LogP contribution in [0.4, 0.5) is 0 Å². The van der Waals surface area contributed by atoms with Crippen LogP contribution in [0.1, 0.15) is 17.3 Å². The van der Waals surface area contributed by atoms with Crippen molar-refractivity contribution in [2.45, 2.75) is 13.0 Å². The predicted octanol–water partition coefficient (Wildman–Crippen LogP) is 1.17. The van der Waals surface area contributed by atoms with Crippen molar-refractivity contribution in [3.05, 3.63) is 17.7 Å². The second-order valence-electron chi connectivity index (χ2n) is 4.36. The van der Waals surface area contributed by atoms with Gasteiger partial charge in [-0.15, -0.1) is 0 Å². The monoisotopic (exact) mass is 283 g/mol. The summed E-state index contributed by atoms with van der Waals surface area (Å²) >= 11 is 0. The van der Waals surface area contributed by atoms with Gasteiger partial charge in [0.15, 0.2) is 11.5 Å². The Morgan fingerprint density at radius 3 is 2.10 bits per heavy atom. The number of hydrogen-bond donors (Lipinski definition) is 1. The van der Waals surface area contributed by atoms with E-state index in [1.807, 2.05) is 0 Å². The summed E-state index contributed by atoms with van der Waals surface area (Å²) in [5.74, 6) is 1.06. The van der Waals surface area contributed by atoms with Crippen LogP contribution in [-0.2, 0) is 0 Å². The van der Waals surface area contributed by atoms with E-state index >= 15 is 0 Å². The van der Waals surface area contributed by atoms with Crippen LogP contribution < -0.4 is 14.2 Å². The number of carbonyl (C=O) groups is 1. The van der Waals surface area contributed by atoms with Crippen LogP contribution in [0.15, 0.2) is 12.1 Å². The van der Waals surface area contributed by atoms with Crippen molar-refractivity contribution in [2.24, 2.45) is 0 Å². The van der Waals surface area contributed by atoms with E-state index in [2.05, 4.69) is 0 Å². The van der Waals surface area contributed by atoms with E-state index in [-0.39, 0.29) is 18.6 Å². The molecule has 0 saturated heterocycles. The van der Waals surface area contributed by atoms with Crippen molar-refractivity contribution in [1.29, 1.82) is 0 Å². The maximum Gasteiger partial charge on any atom is 0.257 e.